The van der Waals surface area contributed by atoms with Gasteiger partial charge in [0.05, 0.1) is 0 Å². The van der Waals surface area contributed by atoms with E-state index in [-0.39, 0.29) is 24.8 Å². The van der Waals surface area contributed by atoms with Crippen molar-refractivity contribution >= 4 is 23.9 Å². The fraction of sp³-hybridized carbons (Fsp3) is 0.381. The first-order valence-corrected chi connectivity index (χ1v) is 9.01. The van der Waals surface area contributed by atoms with Gasteiger partial charge in [-0.2, -0.15) is 0 Å². The third-order valence-corrected chi connectivity index (χ3v) is 5.11. The van der Waals surface area contributed by atoms with Crippen LogP contribution in [-0.4, -0.2) is 36.7 Å². The van der Waals surface area contributed by atoms with Gasteiger partial charge in [0.25, 0.3) is 0 Å². The van der Waals surface area contributed by atoms with E-state index >= 15 is 0 Å². The van der Waals surface area contributed by atoms with Gasteiger partial charge < -0.3 is 14.7 Å². The lowest BCUT2D eigenvalue weighted by Crippen LogP contribution is -2.34. The number of aliphatic hydroxyl groups is 1. The Bertz CT molecular complexity index is 793. The average molecular weight is 374 g/mol. The summed E-state index contributed by atoms with van der Waals surface area (Å²) >= 11 is 0. The second-order valence-electron chi connectivity index (χ2n) is 6.85. The van der Waals surface area contributed by atoms with Gasteiger partial charge in [-0.1, -0.05) is 30.3 Å². The molecule has 0 bridgehead atoms. The molecule has 1 aliphatic carbocycles. The van der Waals surface area contributed by atoms with Crippen LogP contribution in [0.2, 0.25) is 0 Å². The van der Waals surface area contributed by atoms with Crippen LogP contribution in [0.1, 0.15) is 34.3 Å². The Morgan fingerprint density at radius 3 is 2.81 bits per heavy atom. The highest BCUT2D eigenvalue weighted by molar-refractivity contribution is 5.99. The van der Waals surface area contributed by atoms with E-state index in [9.17, 15) is 9.90 Å². The van der Waals surface area contributed by atoms with Crippen molar-refractivity contribution in [2.75, 3.05) is 24.6 Å². The molecule has 2 aromatic rings. The molecule has 1 N–H and O–H groups in total. The summed E-state index contributed by atoms with van der Waals surface area (Å²) in [6.45, 7) is 1.74. The fourth-order valence-electron chi connectivity index (χ4n) is 3.87. The van der Waals surface area contributed by atoms with E-state index in [0.29, 0.717) is 13.0 Å². The molecule has 4 rings (SSSR count). The van der Waals surface area contributed by atoms with Crippen LogP contribution in [0.3, 0.4) is 0 Å². The van der Waals surface area contributed by atoms with Crippen LogP contribution in [0.25, 0.3) is 0 Å². The predicted octanol–water partition coefficient (Wildman–Crippen LogP) is 3.43. The lowest BCUT2D eigenvalue weighted by molar-refractivity contribution is 0.0968. The van der Waals surface area contributed by atoms with E-state index in [1.54, 1.807) is 0 Å². The van der Waals surface area contributed by atoms with Gasteiger partial charge in [0.1, 0.15) is 18.5 Å². The summed E-state index contributed by atoms with van der Waals surface area (Å²) < 4.78 is 5.88. The van der Waals surface area contributed by atoms with Crippen molar-refractivity contribution in [1.29, 1.82) is 0 Å². The van der Waals surface area contributed by atoms with Gasteiger partial charge in [-0.05, 0) is 37.0 Å². The van der Waals surface area contributed by atoms with Crippen molar-refractivity contribution in [3.63, 3.8) is 0 Å². The first-order chi connectivity index (χ1) is 12.2. The number of β-amino-alcohol motifs (C(OH)–C–C–N with tert-alkyl or cyclic N) is 1. The van der Waals surface area contributed by atoms with Gasteiger partial charge in [-0.25, -0.2) is 0 Å². The monoisotopic (exact) mass is 373 g/mol. The van der Waals surface area contributed by atoms with E-state index in [1.807, 2.05) is 24.3 Å². The highest BCUT2D eigenvalue weighted by Crippen LogP contribution is 2.30. The highest BCUT2D eigenvalue weighted by Gasteiger charge is 2.23. The molecule has 2 aromatic carbocycles. The van der Waals surface area contributed by atoms with Crippen molar-refractivity contribution < 1.29 is 14.6 Å². The van der Waals surface area contributed by atoms with Crippen molar-refractivity contribution in [3.8, 4) is 5.75 Å². The molecule has 1 unspecified atom stereocenters. The number of aliphatic hydroxyl groups excluding tert-OH is 1. The zero-order chi connectivity index (χ0) is 17.2. The van der Waals surface area contributed by atoms with Gasteiger partial charge in [0.2, 0.25) is 0 Å². The standard InChI is InChI=1S/C21H23NO3.ClH/c23-16(13-22-12-11-15-5-1-2-8-19(15)22)14-25-21-10-4-6-17-18(21)7-3-9-20(17)24;/h1-2,4-6,8,10,16,23H,3,7,9,11-14H2;1H. The Hall–Kier alpha value is -2.04. The van der Waals surface area contributed by atoms with Gasteiger partial charge in [-0.3, -0.25) is 4.79 Å². The number of benzene rings is 2. The molecule has 0 saturated carbocycles. The van der Waals surface area contributed by atoms with Gasteiger partial charge in [0.15, 0.2) is 5.78 Å². The summed E-state index contributed by atoms with van der Waals surface area (Å²) in [4.78, 5) is 14.2. The largest absolute Gasteiger partial charge is 0.491 e. The molecule has 0 amide bonds. The molecular formula is C21H24ClNO3. The van der Waals surface area contributed by atoms with E-state index in [4.69, 9.17) is 4.74 Å². The van der Waals surface area contributed by atoms with Crippen LogP contribution in [0.15, 0.2) is 42.5 Å². The molecule has 1 atom stereocenters. The van der Waals surface area contributed by atoms with Crippen LogP contribution in [0.5, 0.6) is 5.75 Å². The summed E-state index contributed by atoms with van der Waals surface area (Å²) in [6, 6.07) is 14.0. The van der Waals surface area contributed by atoms with E-state index < -0.39 is 6.10 Å². The number of hydrogen-bond acceptors (Lipinski definition) is 4. The van der Waals surface area contributed by atoms with Crippen LogP contribution in [0.4, 0.5) is 5.69 Å². The molecule has 0 saturated heterocycles. The topological polar surface area (TPSA) is 49.8 Å². The zero-order valence-electron chi connectivity index (χ0n) is 14.7. The molecule has 26 heavy (non-hydrogen) atoms. The summed E-state index contributed by atoms with van der Waals surface area (Å²) in [5.41, 5.74) is 4.33. The van der Waals surface area contributed by atoms with Crippen molar-refractivity contribution in [3.05, 3.63) is 59.2 Å². The summed E-state index contributed by atoms with van der Waals surface area (Å²) in [7, 11) is 0. The molecule has 4 nitrogen and oxygen atoms in total. The molecular weight excluding hydrogens is 350 g/mol. The van der Waals surface area contributed by atoms with Crippen LogP contribution in [0, 0.1) is 0 Å². The minimum Gasteiger partial charge on any atom is -0.491 e. The minimum absolute atomic E-state index is 0. The number of para-hydroxylation sites is 1. The number of halogens is 1. The number of fused-ring (bicyclic) bond motifs is 2. The second-order valence-corrected chi connectivity index (χ2v) is 6.85. The number of carbonyl (C=O) groups is 1. The zero-order valence-corrected chi connectivity index (χ0v) is 15.5. The third kappa shape index (κ3) is 3.71. The van der Waals surface area contributed by atoms with Gasteiger partial charge >= 0.3 is 0 Å². The number of rotatable bonds is 5. The maximum absolute atomic E-state index is 12.0. The van der Waals surface area contributed by atoms with E-state index in [0.717, 1.165) is 42.7 Å². The Balaban J connectivity index is 0.00000196. The second kappa shape index (κ2) is 8.11. The first-order valence-electron chi connectivity index (χ1n) is 9.01. The SMILES string of the molecule is Cl.O=C1CCCc2c(OCC(O)CN3CCc4ccccc43)cccc21. The van der Waals surface area contributed by atoms with Crippen molar-refractivity contribution in [2.24, 2.45) is 0 Å². The van der Waals surface area contributed by atoms with Crippen LogP contribution < -0.4 is 9.64 Å². The Morgan fingerprint density at radius 2 is 1.92 bits per heavy atom. The maximum atomic E-state index is 12.0. The van der Waals surface area contributed by atoms with E-state index in [2.05, 4.69) is 23.1 Å². The first kappa shape index (κ1) is 18.7. The number of Topliss-reactive ketones (excluding diaryl/α,β-unsaturated/α-hetero) is 1. The van der Waals surface area contributed by atoms with Gasteiger partial charge in [-0.15, -0.1) is 12.4 Å². The average Bonchev–Trinajstić information content (AvgIpc) is 3.03. The molecule has 1 aliphatic heterocycles. The molecule has 0 spiro atoms. The Morgan fingerprint density at radius 1 is 1.08 bits per heavy atom. The number of anilines is 1. The summed E-state index contributed by atoms with van der Waals surface area (Å²) in [6.07, 6.45) is 2.82. The minimum atomic E-state index is -0.568. The lowest BCUT2D eigenvalue weighted by Gasteiger charge is -2.24. The van der Waals surface area contributed by atoms with Gasteiger partial charge in [0, 0.05) is 36.3 Å². The van der Waals surface area contributed by atoms with Crippen LogP contribution >= 0.6 is 12.4 Å². The quantitative estimate of drug-likeness (QED) is 0.872. The number of hydrogen-bond donors (Lipinski definition) is 1. The number of ketones is 1. The molecule has 0 radical (unpaired) electrons. The Kier molecular flexibility index (Phi) is 5.84. The van der Waals surface area contributed by atoms with E-state index in [1.165, 1.54) is 11.3 Å². The summed E-state index contributed by atoms with van der Waals surface area (Å²) in [5, 5.41) is 10.4. The Labute approximate surface area is 160 Å². The highest BCUT2D eigenvalue weighted by atomic mass is 35.5. The molecule has 1 heterocycles. The molecule has 0 aromatic heterocycles. The van der Waals surface area contributed by atoms with Crippen LogP contribution in [-0.2, 0) is 12.8 Å². The number of carbonyl (C=O) groups excluding carboxylic acids is 1. The summed E-state index contributed by atoms with van der Waals surface area (Å²) in [5.74, 6) is 0.937. The maximum Gasteiger partial charge on any atom is 0.163 e. The molecule has 0 fully saturated rings. The molecule has 138 valence electrons. The fourth-order valence-corrected chi connectivity index (χ4v) is 3.87. The number of nitrogens with zero attached hydrogens (tertiary/aromatic N) is 1. The molecule has 5 heteroatoms. The van der Waals surface area contributed by atoms with Crippen molar-refractivity contribution in [1.82, 2.24) is 0 Å². The lowest BCUT2D eigenvalue weighted by atomic mass is 9.90. The van der Waals surface area contributed by atoms with Crippen molar-refractivity contribution in [2.45, 2.75) is 31.8 Å². The number of ether oxygens (including phenoxy) is 1. The molecule has 2 aliphatic rings. The normalized spacial score (nSPS) is 16.5. The predicted molar refractivity (Wildman–Crippen MR) is 105 cm³/mol. The smallest absolute Gasteiger partial charge is 0.163 e. The third-order valence-electron chi connectivity index (χ3n) is 5.11.